The second kappa shape index (κ2) is 6.30. The van der Waals surface area contributed by atoms with Gasteiger partial charge in [0.15, 0.2) is 5.82 Å². The van der Waals surface area contributed by atoms with Crippen LogP contribution >= 0.6 is 22.9 Å². The maximum absolute atomic E-state index is 13.0. The number of amides is 1. The molecule has 0 bridgehead atoms. The minimum atomic E-state index is -1.32. The lowest BCUT2D eigenvalue weighted by atomic mass is 9.68. The van der Waals surface area contributed by atoms with Crippen LogP contribution in [0.15, 0.2) is 16.9 Å². The highest BCUT2D eigenvalue weighted by Crippen LogP contribution is 2.39. The summed E-state index contributed by atoms with van der Waals surface area (Å²) in [4.78, 5) is 25.4. The summed E-state index contributed by atoms with van der Waals surface area (Å²) in [6.45, 7) is 7.33. The van der Waals surface area contributed by atoms with Gasteiger partial charge in [0.1, 0.15) is 17.7 Å². The third kappa shape index (κ3) is 3.33. The number of nitrogens with one attached hydrogen (secondary N) is 1. The predicted molar refractivity (Wildman–Crippen MR) is 110 cm³/mol. The van der Waals surface area contributed by atoms with Gasteiger partial charge in [-0.05, 0) is 44.2 Å². The van der Waals surface area contributed by atoms with Gasteiger partial charge in [-0.3, -0.25) is 14.0 Å². The van der Waals surface area contributed by atoms with Crippen molar-refractivity contribution in [2.75, 3.05) is 0 Å². The first-order chi connectivity index (χ1) is 12.9. The number of carbonyl (C=O) groups is 1. The molecular weight excluding hydrogens is 400 g/mol. The molecule has 1 aliphatic rings. The van der Waals surface area contributed by atoms with E-state index in [9.17, 15) is 14.7 Å². The van der Waals surface area contributed by atoms with Crippen LogP contribution in [0.1, 0.15) is 46.4 Å². The fraction of sp³-hybridized carbons (Fsp3) is 0.526. The van der Waals surface area contributed by atoms with Gasteiger partial charge < -0.3 is 10.4 Å². The number of fused-ring (bicyclic) bond motifs is 3. The molecule has 0 aliphatic heterocycles. The molecule has 0 spiro atoms. The molecule has 0 saturated heterocycles. The molecule has 0 atom stereocenters. The Morgan fingerprint density at radius 2 is 2.07 bits per heavy atom. The summed E-state index contributed by atoms with van der Waals surface area (Å²) in [5.41, 5.74) is -0.360. The fourth-order valence-corrected chi connectivity index (χ4v) is 5.13. The minimum absolute atomic E-state index is 0.136. The Morgan fingerprint density at radius 3 is 2.68 bits per heavy atom. The monoisotopic (exact) mass is 422 g/mol. The highest BCUT2D eigenvalue weighted by molar-refractivity contribution is 7.22. The highest BCUT2D eigenvalue weighted by atomic mass is 35.5. The van der Waals surface area contributed by atoms with E-state index in [0.29, 0.717) is 9.85 Å². The number of hydrogen-bond donors (Lipinski definition) is 2. The number of carbonyl (C=O) groups excluding carboxylic acids is 1. The maximum Gasteiger partial charge on any atom is 0.291 e. The molecule has 1 fully saturated rings. The average molecular weight is 423 g/mol. The second-order valence-corrected chi connectivity index (χ2v) is 10.6. The summed E-state index contributed by atoms with van der Waals surface area (Å²) < 4.78 is 4.18. The molecule has 3 aromatic rings. The lowest BCUT2D eigenvalue weighted by molar-refractivity contribution is -0.124. The Balaban J connectivity index is 1.74. The summed E-state index contributed by atoms with van der Waals surface area (Å²) >= 11 is 7.46. The van der Waals surface area contributed by atoms with Gasteiger partial charge in [0, 0.05) is 6.04 Å². The largest absolute Gasteiger partial charge is 0.382 e. The van der Waals surface area contributed by atoms with E-state index in [0.717, 1.165) is 27.7 Å². The molecule has 1 aliphatic carbocycles. The fourth-order valence-electron chi connectivity index (χ4n) is 3.97. The number of aromatic nitrogens is 3. The SMILES string of the molecule is CC1(C)CC(NC(=O)Cn2nc(C(C)(C)O)n3c(cc4sc(Cl)cc43)c2=O)C1. The van der Waals surface area contributed by atoms with Crippen molar-refractivity contribution in [1.29, 1.82) is 0 Å². The number of hydrogen-bond acceptors (Lipinski definition) is 5. The van der Waals surface area contributed by atoms with Gasteiger partial charge in [-0.2, -0.15) is 5.10 Å². The number of aliphatic hydroxyl groups is 1. The maximum atomic E-state index is 13.0. The van der Waals surface area contributed by atoms with Crippen molar-refractivity contribution in [2.45, 2.75) is 58.7 Å². The van der Waals surface area contributed by atoms with Gasteiger partial charge in [-0.1, -0.05) is 25.4 Å². The summed E-state index contributed by atoms with van der Waals surface area (Å²) in [6.07, 6.45) is 1.84. The Kier molecular flexibility index (Phi) is 4.37. The van der Waals surface area contributed by atoms with E-state index in [1.54, 1.807) is 30.4 Å². The van der Waals surface area contributed by atoms with Crippen LogP contribution in [0.25, 0.3) is 15.7 Å². The molecule has 0 radical (unpaired) electrons. The van der Waals surface area contributed by atoms with E-state index in [-0.39, 0.29) is 35.3 Å². The van der Waals surface area contributed by atoms with Crippen molar-refractivity contribution < 1.29 is 9.90 Å². The minimum Gasteiger partial charge on any atom is -0.382 e. The van der Waals surface area contributed by atoms with Crippen LogP contribution in [-0.2, 0) is 16.9 Å². The van der Waals surface area contributed by atoms with Gasteiger partial charge in [-0.15, -0.1) is 11.3 Å². The zero-order valence-electron chi connectivity index (χ0n) is 16.2. The van der Waals surface area contributed by atoms with E-state index in [1.807, 2.05) is 0 Å². The molecule has 28 heavy (non-hydrogen) atoms. The first-order valence-corrected chi connectivity index (χ1v) is 10.4. The second-order valence-electron chi connectivity index (χ2n) is 8.85. The molecule has 4 rings (SSSR count). The Bertz CT molecular complexity index is 1140. The quantitative estimate of drug-likeness (QED) is 0.676. The zero-order chi connectivity index (χ0) is 20.4. The summed E-state index contributed by atoms with van der Waals surface area (Å²) in [5.74, 6) is 0.0294. The molecule has 150 valence electrons. The van der Waals surface area contributed by atoms with E-state index in [4.69, 9.17) is 11.6 Å². The topological polar surface area (TPSA) is 88.6 Å². The van der Waals surface area contributed by atoms with E-state index >= 15 is 0 Å². The summed E-state index contributed by atoms with van der Waals surface area (Å²) in [6, 6.07) is 3.62. The van der Waals surface area contributed by atoms with Crippen LogP contribution in [0.4, 0.5) is 0 Å². The molecule has 0 aromatic carbocycles. The van der Waals surface area contributed by atoms with Crippen molar-refractivity contribution >= 4 is 44.6 Å². The first-order valence-electron chi connectivity index (χ1n) is 9.18. The van der Waals surface area contributed by atoms with Crippen LogP contribution in [-0.4, -0.2) is 31.2 Å². The highest BCUT2D eigenvalue weighted by Gasteiger charge is 2.37. The molecule has 2 N–H and O–H groups in total. The summed E-state index contributed by atoms with van der Waals surface area (Å²) in [5, 5.41) is 17.9. The van der Waals surface area contributed by atoms with E-state index in [2.05, 4.69) is 24.3 Å². The van der Waals surface area contributed by atoms with Gasteiger partial charge in [0.05, 0.1) is 14.6 Å². The third-order valence-electron chi connectivity index (χ3n) is 5.14. The van der Waals surface area contributed by atoms with Crippen molar-refractivity contribution in [3.63, 3.8) is 0 Å². The summed E-state index contributed by atoms with van der Waals surface area (Å²) in [7, 11) is 0. The zero-order valence-corrected chi connectivity index (χ0v) is 17.8. The average Bonchev–Trinajstić information content (AvgIpc) is 3.03. The van der Waals surface area contributed by atoms with Gasteiger partial charge in [0.25, 0.3) is 5.56 Å². The lowest BCUT2D eigenvalue weighted by Crippen LogP contribution is -2.49. The van der Waals surface area contributed by atoms with Crippen LogP contribution < -0.4 is 10.9 Å². The van der Waals surface area contributed by atoms with Gasteiger partial charge >= 0.3 is 0 Å². The van der Waals surface area contributed by atoms with Crippen molar-refractivity contribution in [3.8, 4) is 0 Å². The molecule has 0 unspecified atom stereocenters. The van der Waals surface area contributed by atoms with Crippen molar-refractivity contribution in [1.82, 2.24) is 19.5 Å². The Hall–Kier alpha value is -1.90. The number of thiophene rings is 1. The molecule has 9 heteroatoms. The standard InChI is InChI=1S/C19H23ClN4O3S/c1-18(2)7-10(8-18)21-15(25)9-23-16(26)12-5-13-11(6-14(20)28-13)24(12)17(22-23)19(3,4)27/h5-6,10,27H,7-9H2,1-4H3,(H,21,25). The number of nitrogens with zero attached hydrogens (tertiary/aromatic N) is 3. The normalized spacial score (nSPS) is 17.2. The van der Waals surface area contributed by atoms with Crippen LogP contribution in [0.3, 0.4) is 0 Å². The number of halogens is 1. The predicted octanol–water partition coefficient (Wildman–Crippen LogP) is 2.90. The molecule has 3 aromatic heterocycles. The molecule has 3 heterocycles. The third-order valence-corrected chi connectivity index (χ3v) is 6.34. The van der Waals surface area contributed by atoms with Crippen LogP contribution in [0.5, 0.6) is 0 Å². The van der Waals surface area contributed by atoms with Crippen molar-refractivity contribution in [3.05, 3.63) is 32.6 Å². The van der Waals surface area contributed by atoms with Gasteiger partial charge in [0.2, 0.25) is 5.91 Å². The number of rotatable bonds is 4. The van der Waals surface area contributed by atoms with E-state index in [1.165, 1.54) is 11.3 Å². The molecule has 1 amide bonds. The molecule has 7 nitrogen and oxygen atoms in total. The molecule has 1 saturated carbocycles. The van der Waals surface area contributed by atoms with Crippen LogP contribution in [0, 0.1) is 5.41 Å². The first kappa shape index (κ1) is 19.4. The molecular formula is C19H23ClN4O3S. The smallest absolute Gasteiger partial charge is 0.291 e. The van der Waals surface area contributed by atoms with Crippen molar-refractivity contribution in [2.24, 2.45) is 5.41 Å². The van der Waals surface area contributed by atoms with E-state index < -0.39 is 5.60 Å². The lowest BCUT2D eigenvalue weighted by Gasteiger charge is -2.42. The van der Waals surface area contributed by atoms with Crippen LogP contribution in [0.2, 0.25) is 4.34 Å². The Labute approximate surface area is 170 Å². The van der Waals surface area contributed by atoms with Gasteiger partial charge in [-0.25, -0.2) is 4.68 Å². The Morgan fingerprint density at radius 1 is 1.39 bits per heavy atom.